The van der Waals surface area contributed by atoms with Gasteiger partial charge in [-0.3, -0.25) is 0 Å². The lowest BCUT2D eigenvalue weighted by Crippen LogP contribution is -2.42. The average Bonchev–Trinajstić information content (AvgIpc) is 3.15. The van der Waals surface area contributed by atoms with E-state index in [1.54, 1.807) is 11.3 Å². The van der Waals surface area contributed by atoms with Gasteiger partial charge in [0.05, 0.1) is 13.2 Å². The summed E-state index contributed by atoms with van der Waals surface area (Å²) in [6.45, 7) is 5.87. The Morgan fingerprint density at radius 2 is 1.81 bits per heavy atom. The van der Waals surface area contributed by atoms with Crippen LogP contribution < -0.4 is 10.2 Å². The van der Waals surface area contributed by atoms with Crippen molar-refractivity contribution in [3.05, 3.63) is 23.2 Å². The molecule has 1 aliphatic carbocycles. The van der Waals surface area contributed by atoms with Crippen molar-refractivity contribution in [1.82, 2.24) is 9.97 Å². The first-order valence-electron chi connectivity index (χ1n) is 11.4. The van der Waals surface area contributed by atoms with Gasteiger partial charge in [0.25, 0.3) is 0 Å². The van der Waals surface area contributed by atoms with Crippen LogP contribution in [-0.2, 0) is 4.74 Å². The number of pyridine rings is 1. The van der Waals surface area contributed by atoms with Crippen LogP contribution in [-0.4, -0.2) is 48.2 Å². The van der Waals surface area contributed by atoms with E-state index in [-0.39, 0.29) is 18.9 Å². The molecule has 5 rings (SSSR count). The van der Waals surface area contributed by atoms with Gasteiger partial charge < -0.3 is 15.0 Å². The quantitative estimate of drug-likeness (QED) is 0.667. The molecule has 8 heteroatoms. The van der Waals surface area contributed by atoms with E-state index >= 15 is 0 Å². The maximum absolute atomic E-state index is 13.6. The number of thiazole rings is 1. The summed E-state index contributed by atoms with van der Waals surface area (Å²) < 4.78 is 32.5. The molecule has 3 aliphatic rings. The van der Waals surface area contributed by atoms with Crippen molar-refractivity contribution >= 4 is 22.8 Å². The lowest BCUT2D eigenvalue weighted by Gasteiger charge is -2.40. The van der Waals surface area contributed by atoms with E-state index in [9.17, 15) is 8.78 Å². The summed E-state index contributed by atoms with van der Waals surface area (Å²) in [5.74, 6) is -0.262. The van der Waals surface area contributed by atoms with Crippen molar-refractivity contribution in [3.63, 3.8) is 0 Å². The standard InChI is InChI=1S/C23H30F2N4OS/c1-15-14-31-22(26-15)20-10-19(29-8-4-16(5-9-29)17-12-30-13-17)11-21(28-20)27-18-2-6-23(24,25)7-3-18/h10-11,14,16-18H,2-9,12-13H2,1H3,(H,27,28). The van der Waals surface area contributed by atoms with Gasteiger partial charge in [-0.15, -0.1) is 11.3 Å². The van der Waals surface area contributed by atoms with Crippen LogP contribution in [0.3, 0.4) is 0 Å². The Morgan fingerprint density at radius 3 is 2.42 bits per heavy atom. The van der Waals surface area contributed by atoms with Crippen LogP contribution in [0.1, 0.15) is 44.2 Å². The van der Waals surface area contributed by atoms with Crippen LogP contribution in [0.25, 0.3) is 10.7 Å². The summed E-state index contributed by atoms with van der Waals surface area (Å²) in [4.78, 5) is 11.9. The fraction of sp³-hybridized carbons (Fsp3) is 0.652. The predicted octanol–water partition coefficient (Wildman–Crippen LogP) is 5.37. The van der Waals surface area contributed by atoms with Crippen molar-refractivity contribution in [3.8, 4) is 10.7 Å². The molecule has 3 fully saturated rings. The molecule has 0 spiro atoms. The number of ether oxygens (including phenoxy) is 1. The molecule has 0 bridgehead atoms. The van der Waals surface area contributed by atoms with Gasteiger partial charge in [0.2, 0.25) is 5.92 Å². The molecule has 2 aromatic rings. The molecule has 5 nitrogen and oxygen atoms in total. The number of rotatable bonds is 5. The van der Waals surface area contributed by atoms with Crippen molar-refractivity contribution in [2.75, 3.05) is 36.5 Å². The molecule has 0 radical (unpaired) electrons. The van der Waals surface area contributed by atoms with Crippen LogP contribution in [0.4, 0.5) is 20.3 Å². The number of hydrogen-bond donors (Lipinski definition) is 1. The summed E-state index contributed by atoms with van der Waals surface area (Å²) >= 11 is 1.59. The summed E-state index contributed by atoms with van der Waals surface area (Å²) in [5.41, 5.74) is 2.98. The first-order chi connectivity index (χ1) is 14.9. The van der Waals surface area contributed by atoms with E-state index in [1.807, 2.05) is 12.3 Å². The van der Waals surface area contributed by atoms with Gasteiger partial charge in [0.15, 0.2) is 0 Å². The summed E-state index contributed by atoms with van der Waals surface area (Å²) in [7, 11) is 0. The smallest absolute Gasteiger partial charge is 0.248 e. The molecule has 31 heavy (non-hydrogen) atoms. The molecule has 1 saturated carbocycles. The second kappa shape index (κ2) is 8.62. The molecule has 0 amide bonds. The Morgan fingerprint density at radius 1 is 1.06 bits per heavy atom. The molecule has 2 aromatic heterocycles. The van der Waals surface area contributed by atoms with Gasteiger partial charge in [0, 0.05) is 60.7 Å². The Balaban J connectivity index is 1.35. The van der Waals surface area contributed by atoms with Gasteiger partial charge in [-0.25, -0.2) is 18.7 Å². The number of halogens is 2. The topological polar surface area (TPSA) is 50.3 Å². The van der Waals surface area contributed by atoms with Gasteiger partial charge >= 0.3 is 0 Å². The molecule has 2 saturated heterocycles. The summed E-state index contributed by atoms with van der Waals surface area (Å²) in [5, 5.41) is 6.39. The van der Waals surface area contributed by atoms with Crippen molar-refractivity contribution < 1.29 is 13.5 Å². The zero-order valence-corrected chi connectivity index (χ0v) is 18.8. The number of alkyl halides is 2. The number of hydrogen-bond acceptors (Lipinski definition) is 6. The summed E-state index contributed by atoms with van der Waals surface area (Å²) in [6.07, 6.45) is 3.20. The van der Waals surface area contributed by atoms with E-state index in [0.29, 0.717) is 12.8 Å². The maximum Gasteiger partial charge on any atom is 0.248 e. The second-order valence-corrected chi connectivity index (χ2v) is 10.1. The van der Waals surface area contributed by atoms with E-state index in [0.717, 1.165) is 66.0 Å². The normalized spacial score (nSPS) is 23.0. The molecule has 1 N–H and O–H groups in total. The fourth-order valence-electron chi connectivity index (χ4n) is 4.90. The van der Waals surface area contributed by atoms with Crippen LogP contribution in [0.2, 0.25) is 0 Å². The summed E-state index contributed by atoms with van der Waals surface area (Å²) in [6, 6.07) is 4.26. The highest BCUT2D eigenvalue weighted by atomic mass is 32.1. The number of nitrogens with one attached hydrogen (secondary N) is 1. The molecule has 168 valence electrons. The van der Waals surface area contributed by atoms with Crippen LogP contribution in [0, 0.1) is 18.8 Å². The Bertz CT molecular complexity index is 899. The zero-order valence-electron chi connectivity index (χ0n) is 17.9. The molecule has 0 unspecified atom stereocenters. The van der Waals surface area contributed by atoms with Crippen LogP contribution in [0.5, 0.6) is 0 Å². The lowest BCUT2D eigenvalue weighted by molar-refractivity contribution is -0.0650. The lowest BCUT2D eigenvalue weighted by atomic mass is 9.83. The van der Waals surface area contributed by atoms with Crippen molar-refractivity contribution in [1.29, 1.82) is 0 Å². The Labute approximate surface area is 186 Å². The number of piperidine rings is 1. The number of anilines is 2. The number of aromatic nitrogens is 2. The average molecular weight is 449 g/mol. The maximum atomic E-state index is 13.6. The van der Waals surface area contributed by atoms with Gasteiger partial charge in [-0.05, 0) is 44.6 Å². The molecule has 0 atom stereocenters. The highest BCUT2D eigenvalue weighted by molar-refractivity contribution is 7.13. The monoisotopic (exact) mass is 448 g/mol. The first kappa shape index (κ1) is 21.1. The Hall–Kier alpha value is -1.80. The third-order valence-corrected chi connectivity index (χ3v) is 7.94. The molecule has 0 aromatic carbocycles. The van der Waals surface area contributed by atoms with Crippen LogP contribution in [0.15, 0.2) is 17.5 Å². The minimum atomic E-state index is -2.52. The number of aryl methyl sites for hydroxylation is 1. The van der Waals surface area contributed by atoms with Crippen molar-refractivity contribution in [2.45, 2.75) is 57.4 Å². The first-order valence-corrected chi connectivity index (χ1v) is 12.2. The van der Waals surface area contributed by atoms with Gasteiger partial charge in [0.1, 0.15) is 16.5 Å². The fourth-order valence-corrected chi connectivity index (χ4v) is 5.66. The minimum absolute atomic E-state index is 0.0395. The third kappa shape index (κ3) is 4.85. The highest BCUT2D eigenvalue weighted by Gasteiger charge is 2.35. The van der Waals surface area contributed by atoms with E-state index in [2.05, 4.69) is 27.3 Å². The van der Waals surface area contributed by atoms with Gasteiger partial charge in [-0.1, -0.05) is 0 Å². The van der Waals surface area contributed by atoms with Crippen molar-refractivity contribution in [2.24, 2.45) is 11.8 Å². The second-order valence-electron chi connectivity index (χ2n) is 9.29. The highest BCUT2D eigenvalue weighted by Crippen LogP contribution is 2.37. The minimum Gasteiger partial charge on any atom is -0.381 e. The SMILES string of the molecule is Cc1csc(-c2cc(N3CCC(C4COC4)CC3)cc(NC3CCC(F)(F)CC3)n2)n1. The Kier molecular flexibility index (Phi) is 5.86. The largest absolute Gasteiger partial charge is 0.381 e. The van der Waals surface area contributed by atoms with Gasteiger partial charge in [-0.2, -0.15) is 0 Å². The molecule has 4 heterocycles. The molecule has 2 aliphatic heterocycles. The van der Waals surface area contributed by atoms with E-state index < -0.39 is 5.92 Å². The zero-order chi connectivity index (χ0) is 21.4. The number of nitrogens with zero attached hydrogens (tertiary/aromatic N) is 3. The van der Waals surface area contributed by atoms with E-state index in [4.69, 9.17) is 9.72 Å². The predicted molar refractivity (Wildman–Crippen MR) is 120 cm³/mol. The third-order valence-electron chi connectivity index (χ3n) is 6.95. The van der Waals surface area contributed by atoms with E-state index in [1.165, 1.54) is 12.8 Å². The van der Waals surface area contributed by atoms with Crippen LogP contribution >= 0.6 is 11.3 Å². The molecular weight excluding hydrogens is 418 g/mol. The molecular formula is C23H30F2N4OS.